The molecule has 0 aliphatic heterocycles. The van der Waals surface area contributed by atoms with Gasteiger partial charge in [-0.05, 0) is 55.5 Å². The third-order valence-corrected chi connectivity index (χ3v) is 6.79. The summed E-state index contributed by atoms with van der Waals surface area (Å²) in [5.74, 6) is 2.14. The van der Waals surface area contributed by atoms with E-state index in [1.54, 1.807) is 7.11 Å². The summed E-state index contributed by atoms with van der Waals surface area (Å²) in [7, 11) is 1.65. The Morgan fingerprint density at radius 1 is 0.973 bits per heavy atom. The molecule has 1 heterocycles. The predicted octanol–water partition coefficient (Wildman–Crippen LogP) is 5.80. The van der Waals surface area contributed by atoms with E-state index in [0.717, 1.165) is 47.5 Å². The van der Waals surface area contributed by atoms with E-state index in [-0.39, 0.29) is 0 Å². The number of hydrogen-bond donors (Lipinski definition) is 1. The number of aliphatic hydroxyl groups excluding tert-OH is 1. The molecule has 0 bridgehead atoms. The maximum Gasteiger partial charge on any atom is 0.227 e. The summed E-state index contributed by atoms with van der Waals surface area (Å²) in [6, 6.07) is 28.4. The number of benzene rings is 3. The highest BCUT2D eigenvalue weighted by atomic mass is 16.5. The molecule has 1 N–H and O–H groups in total. The summed E-state index contributed by atoms with van der Waals surface area (Å²) in [5, 5.41) is 16.0. The van der Waals surface area contributed by atoms with Gasteiger partial charge in [0, 0.05) is 25.2 Å². The van der Waals surface area contributed by atoms with Crippen molar-refractivity contribution in [2.45, 2.75) is 51.3 Å². The smallest absolute Gasteiger partial charge is 0.227 e. The van der Waals surface area contributed by atoms with Crippen molar-refractivity contribution < 1.29 is 14.6 Å². The van der Waals surface area contributed by atoms with Gasteiger partial charge in [-0.2, -0.15) is 5.10 Å². The standard InChI is InChI=1S/C31H35N3O3/c1-3-30-29(22-33(24-17-18-24)21-26(35)19-23-11-6-4-7-12-23)31(34(32-30)25-13-8-5-9-14-25)37-28-16-10-15-27(20-28)36-2/h4-16,20,24,26,35H,3,17-19,21-22H2,1-2H3. The van der Waals surface area contributed by atoms with Gasteiger partial charge in [0.15, 0.2) is 0 Å². The van der Waals surface area contributed by atoms with E-state index in [0.29, 0.717) is 37.2 Å². The minimum atomic E-state index is -0.444. The molecule has 1 aromatic heterocycles. The Morgan fingerprint density at radius 2 is 1.68 bits per heavy atom. The first-order chi connectivity index (χ1) is 18.1. The van der Waals surface area contributed by atoms with Gasteiger partial charge >= 0.3 is 0 Å². The van der Waals surface area contributed by atoms with Crippen LogP contribution < -0.4 is 9.47 Å². The summed E-state index contributed by atoms with van der Waals surface area (Å²) in [4.78, 5) is 2.40. The minimum Gasteiger partial charge on any atom is -0.497 e. The van der Waals surface area contributed by atoms with Crippen LogP contribution in [0.1, 0.15) is 36.6 Å². The van der Waals surface area contributed by atoms with Gasteiger partial charge in [0.25, 0.3) is 0 Å². The van der Waals surface area contributed by atoms with Crippen LogP contribution in [0, 0.1) is 0 Å². The van der Waals surface area contributed by atoms with Crippen LogP contribution in [0.5, 0.6) is 17.4 Å². The average molecular weight is 498 g/mol. The van der Waals surface area contributed by atoms with E-state index in [2.05, 4.69) is 24.0 Å². The molecule has 6 heteroatoms. The highest BCUT2D eigenvalue weighted by molar-refractivity contribution is 5.45. The van der Waals surface area contributed by atoms with Crippen molar-refractivity contribution in [3.05, 3.63) is 102 Å². The molecule has 4 aromatic rings. The number of aryl methyl sites for hydroxylation is 1. The van der Waals surface area contributed by atoms with Crippen molar-refractivity contribution >= 4 is 0 Å². The number of para-hydroxylation sites is 1. The molecule has 1 saturated carbocycles. The van der Waals surface area contributed by atoms with Gasteiger partial charge in [-0.25, -0.2) is 4.68 Å². The predicted molar refractivity (Wildman–Crippen MR) is 146 cm³/mol. The van der Waals surface area contributed by atoms with Gasteiger partial charge < -0.3 is 14.6 Å². The van der Waals surface area contributed by atoms with E-state index in [1.165, 1.54) is 0 Å². The Morgan fingerprint density at radius 3 is 2.35 bits per heavy atom. The zero-order chi connectivity index (χ0) is 25.6. The van der Waals surface area contributed by atoms with Crippen LogP contribution in [-0.2, 0) is 19.4 Å². The monoisotopic (exact) mass is 497 g/mol. The lowest BCUT2D eigenvalue weighted by Gasteiger charge is -2.25. The largest absolute Gasteiger partial charge is 0.497 e. The fourth-order valence-corrected chi connectivity index (χ4v) is 4.75. The van der Waals surface area contributed by atoms with Crippen LogP contribution in [0.25, 0.3) is 5.69 Å². The molecule has 5 rings (SSSR count). The molecule has 6 nitrogen and oxygen atoms in total. The SMILES string of the molecule is CCc1nn(-c2ccccc2)c(Oc2cccc(OC)c2)c1CN(CC(O)Cc1ccccc1)C1CC1. The van der Waals surface area contributed by atoms with Gasteiger partial charge in [0.2, 0.25) is 5.88 Å². The topological polar surface area (TPSA) is 59.8 Å². The Kier molecular flexibility index (Phi) is 7.87. The zero-order valence-electron chi connectivity index (χ0n) is 21.6. The van der Waals surface area contributed by atoms with Crippen LogP contribution in [0.4, 0.5) is 0 Å². The maximum absolute atomic E-state index is 11.0. The van der Waals surface area contributed by atoms with Gasteiger partial charge in [0.1, 0.15) is 11.5 Å². The van der Waals surface area contributed by atoms with Crippen molar-refractivity contribution in [3.63, 3.8) is 0 Å². The average Bonchev–Trinajstić information content (AvgIpc) is 3.73. The molecular formula is C31H35N3O3. The number of methoxy groups -OCH3 is 1. The molecule has 1 atom stereocenters. The molecule has 192 valence electrons. The van der Waals surface area contributed by atoms with Crippen LogP contribution >= 0.6 is 0 Å². The molecule has 1 unspecified atom stereocenters. The van der Waals surface area contributed by atoms with Crippen LogP contribution in [0.2, 0.25) is 0 Å². The van der Waals surface area contributed by atoms with E-state index in [4.69, 9.17) is 14.6 Å². The second kappa shape index (κ2) is 11.6. The molecule has 1 aliphatic rings. The van der Waals surface area contributed by atoms with E-state index in [9.17, 15) is 5.11 Å². The van der Waals surface area contributed by atoms with Crippen molar-refractivity contribution in [3.8, 4) is 23.1 Å². The summed E-state index contributed by atoms with van der Waals surface area (Å²) in [6.45, 7) is 3.41. The molecule has 3 aromatic carbocycles. The molecule has 1 aliphatic carbocycles. The van der Waals surface area contributed by atoms with Crippen molar-refractivity contribution in [2.24, 2.45) is 0 Å². The Labute approximate surface area is 219 Å². The lowest BCUT2D eigenvalue weighted by Crippen LogP contribution is -2.35. The number of aromatic nitrogens is 2. The first kappa shape index (κ1) is 25.1. The summed E-state index contributed by atoms with van der Waals surface area (Å²) >= 11 is 0. The maximum atomic E-state index is 11.0. The highest BCUT2D eigenvalue weighted by Gasteiger charge is 2.33. The molecule has 0 radical (unpaired) electrons. The van der Waals surface area contributed by atoms with Crippen LogP contribution in [-0.4, -0.2) is 45.6 Å². The van der Waals surface area contributed by atoms with Gasteiger partial charge in [-0.1, -0.05) is 61.5 Å². The first-order valence-electron chi connectivity index (χ1n) is 13.1. The number of nitrogens with zero attached hydrogens (tertiary/aromatic N) is 3. The molecule has 1 fully saturated rings. The van der Waals surface area contributed by atoms with E-state index < -0.39 is 6.10 Å². The first-order valence-corrected chi connectivity index (χ1v) is 13.1. The molecule has 0 spiro atoms. The molecule has 0 saturated heterocycles. The van der Waals surface area contributed by atoms with Gasteiger partial charge in [-0.15, -0.1) is 0 Å². The summed E-state index contributed by atoms with van der Waals surface area (Å²) < 4.78 is 13.9. The van der Waals surface area contributed by atoms with Gasteiger partial charge in [0.05, 0.1) is 30.2 Å². The summed E-state index contributed by atoms with van der Waals surface area (Å²) in [6.07, 6.45) is 3.28. The molecular weight excluding hydrogens is 462 g/mol. The number of ether oxygens (including phenoxy) is 2. The lowest BCUT2D eigenvalue weighted by atomic mass is 10.1. The third-order valence-electron chi connectivity index (χ3n) is 6.79. The fourth-order valence-electron chi connectivity index (χ4n) is 4.75. The number of aliphatic hydroxyl groups is 1. The van der Waals surface area contributed by atoms with E-state index >= 15 is 0 Å². The zero-order valence-corrected chi connectivity index (χ0v) is 21.6. The molecule has 37 heavy (non-hydrogen) atoms. The number of hydrogen-bond acceptors (Lipinski definition) is 5. The van der Waals surface area contributed by atoms with Crippen LogP contribution in [0.15, 0.2) is 84.9 Å². The Bertz CT molecular complexity index is 1290. The van der Waals surface area contributed by atoms with Crippen molar-refractivity contribution in [1.29, 1.82) is 0 Å². The van der Waals surface area contributed by atoms with Crippen molar-refractivity contribution in [2.75, 3.05) is 13.7 Å². The quantitative estimate of drug-likeness (QED) is 0.268. The lowest BCUT2D eigenvalue weighted by molar-refractivity contribution is 0.103. The fraction of sp³-hybridized carbons (Fsp3) is 0.323. The highest BCUT2D eigenvalue weighted by Crippen LogP contribution is 2.36. The third kappa shape index (κ3) is 6.21. The Hall–Kier alpha value is -3.61. The van der Waals surface area contributed by atoms with E-state index in [1.807, 2.05) is 77.5 Å². The minimum absolute atomic E-state index is 0.444. The Balaban J connectivity index is 1.47. The van der Waals surface area contributed by atoms with Crippen LogP contribution in [0.3, 0.4) is 0 Å². The second-order valence-electron chi connectivity index (χ2n) is 9.62. The normalized spacial score (nSPS) is 14.1. The number of rotatable bonds is 12. The second-order valence-corrected chi connectivity index (χ2v) is 9.62. The summed E-state index contributed by atoms with van der Waals surface area (Å²) in [5.41, 5.74) is 4.17. The van der Waals surface area contributed by atoms with Crippen molar-refractivity contribution in [1.82, 2.24) is 14.7 Å². The van der Waals surface area contributed by atoms with Gasteiger partial charge in [-0.3, -0.25) is 4.90 Å². The molecule has 0 amide bonds.